The number of nitrogens with one attached hydrogen (secondary N) is 1. The van der Waals surface area contributed by atoms with Crippen LogP contribution in [-0.4, -0.2) is 48.9 Å². The van der Waals surface area contributed by atoms with Crippen LogP contribution in [0.1, 0.15) is 5.37 Å². The lowest BCUT2D eigenvalue weighted by atomic mass is 10.1. The number of H-pyrrole nitrogens is 1. The average Bonchev–Trinajstić information content (AvgIpc) is 2.61. The summed E-state index contributed by atoms with van der Waals surface area (Å²) in [6.45, 7) is -0.297. The molecule has 2 heterocycles. The summed E-state index contributed by atoms with van der Waals surface area (Å²) in [4.78, 5) is 25.0. The third-order valence-electron chi connectivity index (χ3n) is 2.72. The van der Waals surface area contributed by atoms with Crippen LogP contribution in [0.2, 0.25) is 0 Å². The number of hydrogen-bond acceptors (Lipinski definition) is 6. The Morgan fingerprint density at radius 3 is 2.61 bits per heavy atom. The van der Waals surface area contributed by atoms with Crippen LogP contribution in [0.4, 0.5) is 0 Å². The highest BCUT2D eigenvalue weighted by atomic mass is 127. The molecule has 2 rings (SSSR count). The van der Waals surface area contributed by atoms with Crippen molar-refractivity contribution >= 4 is 34.4 Å². The molecule has 1 aromatic rings. The first-order chi connectivity index (χ1) is 8.45. The van der Waals surface area contributed by atoms with Gasteiger partial charge in [-0.05, 0) is 22.6 Å². The number of aliphatic hydroxyl groups excluding tert-OH is 3. The van der Waals surface area contributed by atoms with E-state index in [1.54, 1.807) is 22.6 Å². The molecule has 4 N–H and O–H groups in total. The summed E-state index contributed by atoms with van der Waals surface area (Å²) in [5, 5.41) is 27.3. The zero-order valence-corrected chi connectivity index (χ0v) is 12.0. The van der Waals surface area contributed by atoms with Gasteiger partial charge in [0.1, 0.15) is 11.5 Å². The van der Waals surface area contributed by atoms with Crippen LogP contribution in [0.3, 0.4) is 0 Å². The zero-order valence-electron chi connectivity index (χ0n) is 8.99. The maximum Gasteiger partial charge on any atom is 0.329 e. The van der Waals surface area contributed by atoms with Gasteiger partial charge in [-0.2, -0.15) is 0 Å². The maximum atomic E-state index is 11.7. The first-order valence-electron chi connectivity index (χ1n) is 5.09. The van der Waals surface area contributed by atoms with Gasteiger partial charge in [0.15, 0.2) is 0 Å². The molecule has 9 heteroatoms. The number of thioether (sulfide) groups is 1. The second-order valence-electron chi connectivity index (χ2n) is 3.87. The zero-order chi connectivity index (χ0) is 13.4. The Morgan fingerprint density at radius 1 is 1.39 bits per heavy atom. The standard InChI is InChI=1S/C9H11IN2O5S/c10-3-1-12(9(17)11-7(3)16)8-6(15)5(14)4(2-13)18-8/h1,4-6,8,13-15H,2H2,(H,11,16,17)/t4-,5-,6+,8?/m1/s1. The highest BCUT2D eigenvalue weighted by molar-refractivity contribution is 14.1. The van der Waals surface area contributed by atoms with E-state index in [9.17, 15) is 19.8 Å². The molecule has 1 aliphatic heterocycles. The van der Waals surface area contributed by atoms with Crippen LogP contribution in [-0.2, 0) is 0 Å². The Kier molecular flexibility index (Phi) is 4.16. The number of aliphatic hydroxyl groups is 3. The van der Waals surface area contributed by atoms with Gasteiger partial charge in [0.2, 0.25) is 0 Å². The van der Waals surface area contributed by atoms with Crippen LogP contribution < -0.4 is 11.2 Å². The minimum Gasteiger partial charge on any atom is -0.395 e. The highest BCUT2D eigenvalue weighted by Gasteiger charge is 2.43. The third kappa shape index (κ3) is 2.37. The number of aromatic nitrogens is 2. The van der Waals surface area contributed by atoms with E-state index in [0.29, 0.717) is 3.57 Å². The summed E-state index contributed by atoms with van der Waals surface area (Å²) < 4.78 is 1.47. The SMILES string of the molecule is O=c1[nH]c(=O)n(C2S[C@H](CO)[C@@H](O)[C@@H]2O)cc1I. The molecule has 1 saturated heterocycles. The van der Waals surface area contributed by atoms with Crippen molar-refractivity contribution < 1.29 is 15.3 Å². The second kappa shape index (κ2) is 5.33. The molecule has 1 fully saturated rings. The molecule has 4 atom stereocenters. The molecule has 7 nitrogen and oxygen atoms in total. The fraction of sp³-hybridized carbons (Fsp3) is 0.556. The molecular formula is C9H11IN2O5S. The largest absolute Gasteiger partial charge is 0.395 e. The van der Waals surface area contributed by atoms with Gasteiger partial charge in [0, 0.05) is 6.20 Å². The van der Waals surface area contributed by atoms with Gasteiger partial charge in [-0.15, -0.1) is 11.8 Å². The van der Waals surface area contributed by atoms with Crippen LogP contribution in [0.5, 0.6) is 0 Å². The lowest BCUT2D eigenvalue weighted by Crippen LogP contribution is -2.38. The molecule has 0 aromatic carbocycles. The summed E-state index contributed by atoms with van der Waals surface area (Å²) in [7, 11) is 0. The number of hydrogen-bond donors (Lipinski definition) is 4. The van der Waals surface area contributed by atoms with Crippen molar-refractivity contribution in [1.82, 2.24) is 9.55 Å². The van der Waals surface area contributed by atoms with E-state index in [2.05, 4.69) is 4.98 Å². The van der Waals surface area contributed by atoms with Crippen molar-refractivity contribution in [2.45, 2.75) is 22.8 Å². The highest BCUT2D eigenvalue weighted by Crippen LogP contribution is 2.40. The van der Waals surface area contributed by atoms with Gasteiger partial charge in [-0.25, -0.2) is 4.79 Å². The predicted octanol–water partition coefficient (Wildman–Crippen LogP) is -1.53. The summed E-state index contributed by atoms with van der Waals surface area (Å²) in [6.07, 6.45) is -0.956. The van der Waals surface area contributed by atoms with Crippen LogP contribution in [0, 0.1) is 3.57 Å². The molecule has 100 valence electrons. The molecular weight excluding hydrogens is 375 g/mol. The van der Waals surface area contributed by atoms with E-state index in [1.165, 1.54) is 6.20 Å². The van der Waals surface area contributed by atoms with E-state index in [1.807, 2.05) is 0 Å². The van der Waals surface area contributed by atoms with E-state index in [-0.39, 0.29) is 6.61 Å². The van der Waals surface area contributed by atoms with Gasteiger partial charge in [-0.1, -0.05) is 0 Å². The molecule has 0 spiro atoms. The van der Waals surface area contributed by atoms with Crippen molar-refractivity contribution in [3.05, 3.63) is 30.6 Å². The Bertz CT molecular complexity index is 559. The topological polar surface area (TPSA) is 116 Å². The lowest BCUT2D eigenvalue weighted by Gasteiger charge is -2.17. The van der Waals surface area contributed by atoms with Crippen molar-refractivity contribution in [2.24, 2.45) is 0 Å². The predicted molar refractivity (Wildman–Crippen MR) is 73.6 cm³/mol. The summed E-state index contributed by atoms with van der Waals surface area (Å²) in [5.74, 6) is 0. The van der Waals surface area contributed by atoms with Gasteiger partial charge in [0.05, 0.1) is 21.5 Å². The molecule has 0 amide bonds. The molecule has 0 aliphatic carbocycles. The minimum atomic E-state index is -1.17. The number of aromatic amines is 1. The third-order valence-corrected chi connectivity index (χ3v) is 5.05. The Labute approximate surface area is 119 Å². The number of halogens is 1. The maximum absolute atomic E-state index is 11.7. The Balaban J connectivity index is 2.42. The van der Waals surface area contributed by atoms with E-state index >= 15 is 0 Å². The van der Waals surface area contributed by atoms with Gasteiger partial charge in [0.25, 0.3) is 5.56 Å². The van der Waals surface area contributed by atoms with Crippen molar-refractivity contribution in [3.8, 4) is 0 Å². The van der Waals surface area contributed by atoms with Gasteiger partial charge in [-0.3, -0.25) is 14.3 Å². The fourth-order valence-electron chi connectivity index (χ4n) is 1.76. The average molecular weight is 386 g/mol. The Hall–Kier alpha value is -0.360. The molecule has 0 radical (unpaired) electrons. The quantitative estimate of drug-likeness (QED) is 0.459. The Morgan fingerprint density at radius 2 is 2.06 bits per heavy atom. The normalized spacial score (nSPS) is 31.8. The minimum absolute atomic E-state index is 0.297. The van der Waals surface area contributed by atoms with Crippen molar-refractivity contribution in [3.63, 3.8) is 0 Å². The molecule has 0 saturated carbocycles. The van der Waals surface area contributed by atoms with Gasteiger partial charge >= 0.3 is 5.69 Å². The summed E-state index contributed by atoms with van der Waals surface area (Å²) in [6, 6.07) is 0. The molecule has 0 bridgehead atoms. The van der Waals surface area contributed by atoms with Crippen LogP contribution in [0.25, 0.3) is 0 Å². The van der Waals surface area contributed by atoms with E-state index < -0.39 is 34.1 Å². The first kappa shape index (κ1) is 14.1. The molecule has 1 aliphatic rings. The monoisotopic (exact) mass is 386 g/mol. The fourth-order valence-corrected chi connectivity index (χ4v) is 3.57. The lowest BCUT2D eigenvalue weighted by molar-refractivity contribution is 0.0101. The van der Waals surface area contributed by atoms with Crippen molar-refractivity contribution in [1.29, 1.82) is 0 Å². The molecule has 18 heavy (non-hydrogen) atoms. The number of rotatable bonds is 2. The van der Waals surface area contributed by atoms with Crippen LogP contribution >= 0.6 is 34.4 Å². The number of nitrogens with zero attached hydrogens (tertiary/aromatic N) is 1. The summed E-state index contributed by atoms with van der Waals surface area (Å²) >= 11 is 2.87. The first-order valence-corrected chi connectivity index (χ1v) is 7.11. The molecule has 1 unspecified atom stereocenters. The smallest absolute Gasteiger partial charge is 0.329 e. The van der Waals surface area contributed by atoms with E-state index in [4.69, 9.17) is 5.11 Å². The van der Waals surface area contributed by atoms with E-state index in [0.717, 1.165) is 16.3 Å². The van der Waals surface area contributed by atoms with Crippen LogP contribution in [0.15, 0.2) is 15.8 Å². The second-order valence-corrected chi connectivity index (χ2v) is 6.40. The molecule has 1 aromatic heterocycles. The summed E-state index contributed by atoms with van der Waals surface area (Å²) in [5.41, 5.74) is -1.14. The van der Waals surface area contributed by atoms with Crippen molar-refractivity contribution in [2.75, 3.05) is 6.61 Å². The van der Waals surface area contributed by atoms with Gasteiger partial charge < -0.3 is 15.3 Å².